The minimum atomic E-state index is -0.504. The van der Waals surface area contributed by atoms with Crippen molar-refractivity contribution in [2.45, 2.75) is 46.4 Å². The molecule has 0 aliphatic heterocycles. The Morgan fingerprint density at radius 3 is 2.59 bits per heavy atom. The van der Waals surface area contributed by atoms with Crippen molar-refractivity contribution in [1.29, 1.82) is 0 Å². The third-order valence-corrected chi connectivity index (χ3v) is 3.75. The Morgan fingerprint density at radius 2 is 1.95 bits per heavy atom. The molecule has 0 bridgehead atoms. The van der Waals surface area contributed by atoms with E-state index in [0.29, 0.717) is 13.1 Å². The van der Waals surface area contributed by atoms with Gasteiger partial charge in [-0.1, -0.05) is 43.7 Å². The minimum Gasteiger partial charge on any atom is -0.387 e. The molecule has 1 unspecified atom stereocenters. The number of aryl methyl sites for hydroxylation is 2. The average Bonchev–Trinajstić information content (AvgIpc) is 2.94. The average molecular weight is 303 g/mol. The summed E-state index contributed by atoms with van der Waals surface area (Å²) in [5.41, 5.74) is 2.14. The number of hydrogen-bond donors (Lipinski definition) is 1. The Balaban J connectivity index is 1.99. The zero-order chi connectivity index (χ0) is 15.9. The van der Waals surface area contributed by atoms with Gasteiger partial charge in [-0.05, 0) is 35.9 Å². The molecule has 0 aliphatic rings. The van der Waals surface area contributed by atoms with Gasteiger partial charge in [0.25, 0.3) is 0 Å². The Kier molecular flexibility index (Phi) is 6.03. The normalized spacial score (nSPS) is 12.8. The molecule has 1 aromatic carbocycles. The van der Waals surface area contributed by atoms with Gasteiger partial charge in [0.15, 0.2) is 5.82 Å². The molecule has 1 atom stereocenters. The molecule has 0 radical (unpaired) electrons. The highest BCUT2D eigenvalue weighted by Crippen LogP contribution is 2.16. The van der Waals surface area contributed by atoms with E-state index in [2.05, 4.69) is 34.3 Å². The summed E-state index contributed by atoms with van der Waals surface area (Å²) in [5, 5.41) is 22.3. The van der Waals surface area contributed by atoms with Crippen LogP contribution in [0.3, 0.4) is 0 Å². The first-order chi connectivity index (χ1) is 10.6. The molecule has 6 nitrogen and oxygen atoms in total. The standard InChI is InChI=1S/C16H25N5O/c1-4-10-21-16(17-18-19-21)12-20(5-2)11-15(22)14-8-6-13(3)7-9-14/h6-9,15,22H,4-5,10-12H2,1-3H3. The third-order valence-electron chi connectivity index (χ3n) is 3.75. The lowest BCUT2D eigenvalue weighted by molar-refractivity contribution is 0.110. The van der Waals surface area contributed by atoms with Crippen molar-refractivity contribution in [1.82, 2.24) is 25.1 Å². The molecule has 0 amide bonds. The molecule has 0 saturated heterocycles. The number of nitrogens with zero attached hydrogens (tertiary/aromatic N) is 5. The first-order valence-corrected chi connectivity index (χ1v) is 7.86. The van der Waals surface area contributed by atoms with Crippen LogP contribution in [0.2, 0.25) is 0 Å². The Bertz CT molecular complexity index is 566. The molecular weight excluding hydrogens is 278 g/mol. The molecule has 22 heavy (non-hydrogen) atoms. The molecule has 0 fully saturated rings. The number of aliphatic hydroxyl groups is 1. The molecule has 0 aliphatic carbocycles. The highest BCUT2D eigenvalue weighted by molar-refractivity contribution is 5.23. The molecule has 0 saturated carbocycles. The fourth-order valence-electron chi connectivity index (χ4n) is 2.37. The number of aliphatic hydroxyl groups excluding tert-OH is 1. The predicted octanol–water partition coefficient (Wildman–Crippen LogP) is 1.95. The van der Waals surface area contributed by atoms with Crippen molar-refractivity contribution in [3.05, 3.63) is 41.2 Å². The second-order valence-corrected chi connectivity index (χ2v) is 5.57. The maximum atomic E-state index is 10.4. The number of hydrogen-bond acceptors (Lipinski definition) is 5. The van der Waals surface area contributed by atoms with E-state index in [1.807, 2.05) is 35.9 Å². The van der Waals surface area contributed by atoms with E-state index in [1.165, 1.54) is 5.56 Å². The molecule has 1 N–H and O–H groups in total. The fourth-order valence-corrected chi connectivity index (χ4v) is 2.37. The van der Waals surface area contributed by atoms with Crippen LogP contribution in [0.1, 0.15) is 43.3 Å². The van der Waals surface area contributed by atoms with Crippen LogP contribution in [-0.2, 0) is 13.1 Å². The fraction of sp³-hybridized carbons (Fsp3) is 0.562. The summed E-state index contributed by atoms with van der Waals surface area (Å²) < 4.78 is 1.83. The van der Waals surface area contributed by atoms with E-state index in [4.69, 9.17) is 0 Å². The first-order valence-electron chi connectivity index (χ1n) is 7.86. The van der Waals surface area contributed by atoms with E-state index in [1.54, 1.807) is 0 Å². The lowest BCUT2D eigenvalue weighted by Crippen LogP contribution is -2.29. The van der Waals surface area contributed by atoms with Crippen LogP contribution in [0.5, 0.6) is 0 Å². The van der Waals surface area contributed by atoms with Gasteiger partial charge in [-0.2, -0.15) is 0 Å². The highest BCUT2D eigenvalue weighted by atomic mass is 16.3. The molecule has 120 valence electrons. The van der Waals surface area contributed by atoms with Gasteiger partial charge in [-0.3, -0.25) is 4.90 Å². The number of likely N-dealkylation sites (N-methyl/N-ethyl adjacent to an activating group) is 1. The van der Waals surface area contributed by atoms with Gasteiger partial charge >= 0.3 is 0 Å². The Morgan fingerprint density at radius 1 is 1.23 bits per heavy atom. The monoisotopic (exact) mass is 303 g/mol. The molecule has 2 aromatic rings. The van der Waals surface area contributed by atoms with Gasteiger partial charge in [0.1, 0.15) is 0 Å². The van der Waals surface area contributed by atoms with Crippen LogP contribution in [-0.4, -0.2) is 43.3 Å². The third kappa shape index (κ3) is 4.35. The van der Waals surface area contributed by atoms with E-state index in [9.17, 15) is 5.11 Å². The van der Waals surface area contributed by atoms with E-state index in [0.717, 1.165) is 30.9 Å². The van der Waals surface area contributed by atoms with Crippen LogP contribution in [0.4, 0.5) is 0 Å². The van der Waals surface area contributed by atoms with Crippen molar-refractivity contribution >= 4 is 0 Å². The topological polar surface area (TPSA) is 67.1 Å². The van der Waals surface area contributed by atoms with E-state index >= 15 is 0 Å². The summed E-state index contributed by atoms with van der Waals surface area (Å²) in [6, 6.07) is 8.01. The summed E-state index contributed by atoms with van der Waals surface area (Å²) in [7, 11) is 0. The van der Waals surface area contributed by atoms with Crippen LogP contribution in [0.15, 0.2) is 24.3 Å². The van der Waals surface area contributed by atoms with Crippen LogP contribution in [0, 0.1) is 6.92 Å². The van der Waals surface area contributed by atoms with Gasteiger partial charge in [0, 0.05) is 13.1 Å². The van der Waals surface area contributed by atoms with E-state index < -0.39 is 6.10 Å². The van der Waals surface area contributed by atoms with Crippen LogP contribution >= 0.6 is 0 Å². The highest BCUT2D eigenvalue weighted by Gasteiger charge is 2.15. The maximum absolute atomic E-state index is 10.4. The summed E-state index contributed by atoms with van der Waals surface area (Å²) in [6.45, 7) is 9.09. The van der Waals surface area contributed by atoms with Crippen molar-refractivity contribution in [2.75, 3.05) is 13.1 Å². The quantitative estimate of drug-likeness (QED) is 0.807. The van der Waals surface area contributed by atoms with Crippen LogP contribution < -0.4 is 0 Å². The maximum Gasteiger partial charge on any atom is 0.165 e. The second-order valence-electron chi connectivity index (χ2n) is 5.57. The van der Waals surface area contributed by atoms with Gasteiger partial charge < -0.3 is 5.11 Å². The SMILES string of the molecule is CCCn1nnnc1CN(CC)CC(O)c1ccc(C)cc1. The van der Waals surface area contributed by atoms with Crippen molar-refractivity contribution in [3.63, 3.8) is 0 Å². The Labute approximate surface area is 131 Å². The lowest BCUT2D eigenvalue weighted by atomic mass is 10.1. The zero-order valence-electron chi connectivity index (χ0n) is 13.6. The molecule has 0 spiro atoms. The van der Waals surface area contributed by atoms with Crippen molar-refractivity contribution in [2.24, 2.45) is 0 Å². The second kappa shape index (κ2) is 8.00. The summed E-state index contributed by atoms with van der Waals surface area (Å²) in [5.74, 6) is 0.847. The number of benzene rings is 1. The van der Waals surface area contributed by atoms with Crippen LogP contribution in [0.25, 0.3) is 0 Å². The Hall–Kier alpha value is -1.79. The van der Waals surface area contributed by atoms with Gasteiger partial charge in [0.05, 0.1) is 12.6 Å². The predicted molar refractivity (Wildman–Crippen MR) is 85.2 cm³/mol. The van der Waals surface area contributed by atoms with Crippen molar-refractivity contribution < 1.29 is 5.11 Å². The van der Waals surface area contributed by atoms with Gasteiger partial charge in [-0.15, -0.1) is 5.10 Å². The lowest BCUT2D eigenvalue weighted by Gasteiger charge is -2.23. The molecular formula is C16H25N5O. The largest absolute Gasteiger partial charge is 0.387 e. The summed E-state index contributed by atoms with van der Waals surface area (Å²) >= 11 is 0. The van der Waals surface area contributed by atoms with Crippen molar-refractivity contribution in [3.8, 4) is 0 Å². The summed E-state index contributed by atoms with van der Waals surface area (Å²) in [4.78, 5) is 2.16. The smallest absolute Gasteiger partial charge is 0.165 e. The minimum absolute atomic E-state index is 0.504. The number of aromatic nitrogens is 4. The van der Waals surface area contributed by atoms with Gasteiger partial charge in [-0.25, -0.2) is 4.68 Å². The van der Waals surface area contributed by atoms with Gasteiger partial charge in [0.2, 0.25) is 0 Å². The first kappa shape index (κ1) is 16.6. The molecule has 2 rings (SSSR count). The molecule has 6 heteroatoms. The number of tetrazole rings is 1. The summed E-state index contributed by atoms with van der Waals surface area (Å²) in [6.07, 6.45) is 0.493. The number of rotatable bonds is 8. The molecule has 1 aromatic heterocycles. The zero-order valence-corrected chi connectivity index (χ0v) is 13.6. The van der Waals surface area contributed by atoms with E-state index in [-0.39, 0.29) is 0 Å². The molecule has 1 heterocycles.